The fourth-order valence-electron chi connectivity index (χ4n) is 8.31. The van der Waals surface area contributed by atoms with Crippen LogP contribution in [0.5, 0.6) is 11.5 Å². The highest BCUT2D eigenvalue weighted by atomic mass is 16.5. The molecule has 0 fully saturated rings. The molecule has 0 bridgehead atoms. The smallest absolute Gasteiger partial charge is 0.151 e. The number of fused-ring (bicyclic) bond motifs is 4. The Morgan fingerprint density at radius 3 is 1.07 bits per heavy atom. The quantitative estimate of drug-likeness (QED) is 0.0556. The lowest BCUT2D eigenvalue weighted by Gasteiger charge is -2.19. The summed E-state index contributed by atoms with van der Waals surface area (Å²) in [7, 11) is 0. The van der Waals surface area contributed by atoms with Crippen molar-refractivity contribution in [1.82, 2.24) is 0 Å². The number of unbranched alkanes of at least 4 members (excludes halogenated alkanes) is 2. The first-order valence-electron chi connectivity index (χ1n) is 21.8. The summed E-state index contributed by atoms with van der Waals surface area (Å²) in [5, 5.41) is 7.23. The number of aldehydes is 2. The van der Waals surface area contributed by atoms with E-state index in [0.717, 1.165) is 129 Å². The summed E-state index contributed by atoms with van der Waals surface area (Å²) in [5.41, 5.74) is 4.51. The number of hydrogen-bond acceptors (Lipinski definition) is 4. The normalized spacial score (nSPS) is 12.1. The summed E-state index contributed by atoms with van der Waals surface area (Å²) in [5.74, 6) is 16.4. The maximum absolute atomic E-state index is 12.5. The second kappa shape index (κ2) is 20.1. The van der Waals surface area contributed by atoms with Crippen molar-refractivity contribution in [2.24, 2.45) is 11.8 Å². The zero-order valence-corrected chi connectivity index (χ0v) is 35.4. The largest absolute Gasteiger partial charge is 0.492 e. The van der Waals surface area contributed by atoms with Crippen LogP contribution in [0.25, 0.3) is 43.1 Å². The van der Waals surface area contributed by atoms with Crippen molar-refractivity contribution in [2.45, 2.75) is 79.1 Å². The predicted octanol–water partition coefficient (Wildman–Crippen LogP) is 13.9. The van der Waals surface area contributed by atoms with Crippen molar-refractivity contribution in [1.29, 1.82) is 0 Å². The van der Waals surface area contributed by atoms with E-state index in [2.05, 4.69) is 51.4 Å². The molecule has 0 N–H and O–H groups in total. The summed E-state index contributed by atoms with van der Waals surface area (Å²) < 4.78 is 13.6. The summed E-state index contributed by atoms with van der Waals surface area (Å²) in [4.78, 5) is 24.9. The average Bonchev–Trinajstić information content (AvgIpc) is 3.29. The molecule has 0 radical (unpaired) electrons. The molecule has 0 spiro atoms. The lowest BCUT2D eigenvalue weighted by atomic mass is 9.92. The highest BCUT2D eigenvalue weighted by Crippen LogP contribution is 2.35. The van der Waals surface area contributed by atoms with Crippen LogP contribution < -0.4 is 9.47 Å². The molecule has 0 aliphatic rings. The molecule has 0 saturated heterocycles. The van der Waals surface area contributed by atoms with E-state index < -0.39 is 0 Å². The minimum atomic E-state index is 0.401. The van der Waals surface area contributed by atoms with Gasteiger partial charge in [-0.2, -0.15) is 0 Å². The van der Waals surface area contributed by atoms with Crippen LogP contribution in [0.15, 0.2) is 109 Å². The van der Waals surface area contributed by atoms with E-state index in [-0.39, 0.29) is 0 Å². The molecular formula is C56H54O4. The van der Waals surface area contributed by atoms with Crippen LogP contribution in [0.3, 0.4) is 0 Å². The first-order chi connectivity index (χ1) is 29.5. The number of rotatable bonds is 16. The zero-order valence-electron chi connectivity index (χ0n) is 35.4. The molecule has 0 heterocycles. The minimum absolute atomic E-state index is 0.401. The molecule has 7 aromatic rings. The lowest BCUT2D eigenvalue weighted by Crippen LogP contribution is -2.13. The van der Waals surface area contributed by atoms with E-state index in [1.165, 1.54) is 0 Å². The van der Waals surface area contributed by atoms with Gasteiger partial charge in [-0.1, -0.05) is 187 Å². The third kappa shape index (κ3) is 8.95. The fraction of sp³-hybridized carbons (Fsp3) is 0.286. The van der Waals surface area contributed by atoms with Crippen LogP contribution in [-0.4, -0.2) is 25.8 Å². The van der Waals surface area contributed by atoms with Crippen molar-refractivity contribution in [3.05, 3.63) is 143 Å². The molecule has 0 saturated carbocycles. The van der Waals surface area contributed by atoms with Crippen LogP contribution >= 0.6 is 0 Å². The Balaban J connectivity index is 1.44. The number of benzene rings is 7. The van der Waals surface area contributed by atoms with Gasteiger partial charge < -0.3 is 9.47 Å². The van der Waals surface area contributed by atoms with Gasteiger partial charge in [-0.3, -0.25) is 9.59 Å². The number of hydrogen-bond donors (Lipinski definition) is 0. The van der Waals surface area contributed by atoms with Crippen molar-refractivity contribution in [3.63, 3.8) is 0 Å². The maximum atomic E-state index is 12.5. The highest BCUT2D eigenvalue weighted by molar-refractivity contribution is 6.17. The fourth-order valence-corrected chi connectivity index (χ4v) is 8.31. The summed E-state index contributed by atoms with van der Waals surface area (Å²) in [6.45, 7) is 10.0. The summed E-state index contributed by atoms with van der Waals surface area (Å²) in [6.07, 6.45) is 10.7. The number of ether oxygens (including phenoxy) is 2. The van der Waals surface area contributed by atoms with Crippen LogP contribution in [0.2, 0.25) is 0 Å². The molecule has 0 aliphatic carbocycles. The highest BCUT2D eigenvalue weighted by Gasteiger charge is 2.18. The van der Waals surface area contributed by atoms with Gasteiger partial charge in [0.2, 0.25) is 0 Å². The Kier molecular flexibility index (Phi) is 14.0. The third-order valence-corrected chi connectivity index (χ3v) is 11.9. The molecule has 2 unspecified atom stereocenters. The molecular weight excluding hydrogens is 737 g/mol. The molecule has 60 heavy (non-hydrogen) atoms. The van der Waals surface area contributed by atoms with E-state index in [1.807, 2.05) is 109 Å². The Hall–Kier alpha value is -6.36. The van der Waals surface area contributed by atoms with Gasteiger partial charge in [0.05, 0.1) is 24.3 Å². The first-order valence-corrected chi connectivity index (χ1v) is 21.8. The molecule has 302 valence electrons. The van der Waals surface area contributed by atoms with Gasteiger partial charge in [-0.15, -0.1) is 0 Å². The zero-order chi connectivity index (χ0) is 41.8. The monoisotopic (exact) mass is 790 g/mol. The van der Waals surface area contributed by atoms with E-state index in [1.54, 1.807) is 0 Å². The van der Waals surface area contributed by atoms with Gasteiger partial charge in [-0.05, 0) is 67.8 Å². The Morgan fingerprint density at radius 1 is 0.467 bits per heavy atom. The molecule has 7 rings (SSSR count). The van der Waals surface area contributed by atoms with E-state index >= 15 is 0 Å². The molecule has 0 amide bonds. The van der Waals surface area contributed by atoms with Crippen LogP contribution in [0.4, 0.5) is 0 Å². The topological polar surface area (TPSA) is 52.6 Å². The molecule has 4 heteroatoms. The maximum Gasteiger partial charge on any atom is 0.151 e. The van der Waals surface area contributed by atoms with Crippen molar-refractivity contribution < 1.29 is 19.1 Å². The van der Waals surface area contributed by atoms with Crippen molar-refractivity contribution >= 4 is 55.7 Å². The first kappa shape index (κ1) is 41.8. The number of carbonyl (C=O) groups excluding carboxylic acids is 2. The summed E-state index contributed by atoms with van der Waals surface area (Å²) >= 11 is 0. The van der Waals surface area contributed by atoms with Gasteiger partial charge in [-0.25, -0.2) is 0 Å². The van der Waals surface area contributed by atoms with E-state index in [0.29, 0.717) is 47.7 Å². The third-order valence-electron chi connectivity index (χ3n) is 11.9. The Labute approximate surface area is 355 Å². The van der Waals surface area contributed by atoms with Gasteiger partial charge in [0.1, 0.15) is 11.5 Å². The molecule has 7 aromatic carbocycles. The van der Waals surface area contributed by atoms with Gasteiger partial charge in [0, 0.05) is 34.4 Å². The van der Waals surface area contributed by atoms with Crippen LogP contribution in [0, 0.1) is 35.5 Å². The average molecular weight is 791 g/mol. The van der Waals surface area contributed by atoms with Gasteiger partial charge in [0.15, 0.2) is 12.6 Å². The Morgan fingerprint density at radius 2 is 0.783 bits per heavy atom. The van der Waals surface area contributed by atoms with Gasteiger partial charge >= 0.3 is 0 Å². The minimum Gasteiger partial charge on any atom is -0.492 e. The van der Waals surface area contributed by atoms with Crippen molar-refractivity contribution in [2.75, 3.05) is 13.2 Å². The van der Waals surface area contributed by atoms with Crippen LogP contribution in [-0.2, 0) is 0 Å². The van der Waals surface area contributed by atoms with Crippen LogP contribution in [0.1, 0.15) is 122 Å². The Bertz CT molecular complexity index is 2480. The van der Waals surface area contributed by atoms with E-state index in [9.17, 15) is 9.59 Å². The second-order valence-corrected chi connectivity index (χ2v) is 15.8. The molecule has 2 atom stereocenters. The standard InChI is InChI=1S/C56H54O4/c1-5-9-19-39(7-3)37-59-55-33-42(30-32-52-45-23-13-17-27-49(45)54(36-58)50-28-18-14-24-46(50)52)56(60-38-40(8-4)20-10-6-2)34-41(55)29-31-51-43-21-11-15-25-47(43)53(35-57)48-26-16-12-22-44(48)51/h11-18,21-28,33-36,39-40H,5-10,19-20,37-38H2,1-4H3. The SMILES string of the molecule is CCCCC(CC)COc1cc(C#Cc2c3ccccc3c(C=O)c3ccccc23)c(OCC(CC)CCCC)cc1C#Cc1c2ccccc2c(C=O)c2ccccc12. The van der Waals surface area contributed by atoms with Gasteiger partial charge in [0.25, 0.3) is 0 Å². The predicted molar refractivity (Wildman–Crippen MR) is 250 cm³/mol. The van der Waals surface area contributed by atoms with E-state index in [4.69, 9.17) is 9.47 Å². The molecule has 0 aromatic heterocycles. The number of carbonyl (C=O) groups is 2. The lowest BCUT2D eigenvalue weighted by molar-refractivity contribution is 0.111. The molecule has 4 nitrogen and oxygen atoms in total. The summed E-state index contributed by atoms with van der Waals surface area (Å²) in [6, 6.07) is 36.0. The van der Waals surface area contributed by atoms with Crippen molar-refractivity contribution in [3.8, 4) is 35.2 Å². The second-order valence-electron chi connectivity index (χ2n) is 15.8. The molecule has 0 aliphatic heterocycles.